The van der Waals surface area contributed by atoms with Crippen LogP contribution in [0.25, 0.3) is 11.2 Å². The summed E-state index contributed by atoms with van der Waals surface area (Å²) in [5.41, 5.74) is 0.220. The molecule has 14 nitrogen and oxygen atoms in total. The Morgan fingerprint density at radius 3 is 1.96 bits per heavy atom. The lowest BCUT2D eigenvalue weighted by Crippen LogP contribution is -2.41. The number of nitrogens with one attached hydrogen (secondary N) is 1. The van der Waals surface area contributed by atoms with Crippen LogP contribution in [0, 0.1) is 0 Å². The van der Waals surface area contributed by atoms with Gasteiger partial charge in [0.05, 0.1) is 29.4 Å². The quantitative estimate of drug-likeness (QED) is 0.102. The van der Waals surface area contributed by atoms with Crippen molar-refractivity contribution in [3.63, 3.8) is 0 Å². The Bertz CT molecular complexity index is 2000. The maximum absolute atomic E-state index is 13.5. The van der Waals surface area contributed by atoms with E-state index in [-0.39, 0.29) is 34.8 Å². The molecule has 4 atom stereocenters. The largest absolute Gasteiger partial charge is 0.459 e. The van der Waals surface area contributed by atoms with Crippen molar-refractivity contribution in [1.82, 2.24) is 24.4 Å². The molecule has 0 radical (unpaired) electrons. The van der Waals surface area contributed by atoms with Crippen molar-refractivity contribution in [2.45, 2.75) is 24.5 Å². The Hall–Kier alpha value is -6.15. The number of H-pyrrole nitrogens is 1. The van der Waals surface area contributed by atoms with Gasteiger partial charge in [0.1, 0.15) is 12.7 Å². The van der Waals surface area contributed by atoms with Crippen LogP contribution >= 0.6 is 0 Å². The Labute approximate surface area is 273 Å². The van der Waals surface area contributed by atoms with Crippen molar-refractivity contribution in [2.24, 2.45) is 4.99 Å². The van der Waals surface area contributed by atoms with Gasteiger partial charge in [-0.15, -0.1) is 0 Å². The molecule has 5 aromatic rings. The molecule has 0 saturated carbocycles. The van der Waals surface area contributed by atoms with Crippen LogP contribution in [0.5, 0.6) is 0 Å². The highest BCUT2D eigenvalue weighted by atomic mass is 16.7. The third-order valence-electron chi connectivity index (χ3n) is 7.28. The van der Waals surface area contributed by atoms with Gasteiger partial charge in [-0.05, 0) is 36.4 Å². The Kier molecular flexibility index (Phi) is 9.34. The van der Waals surface area contributed by atoms with E-state index in [9.17, 15) is 19.2 Å². The Balaban J connectivity index is 1.41. The first-order chi connectivity index (χ1) is 23.3. The maximum Gasteiger partial charge on any atom is 0.338 e. The molecule has 48 heavy (non-hydrogen) atoms. The number of carbonyl (C=O) groups is 3. The number of imidazole rings is 1. The summed E-state index contributed by atoms with van der Waals surface area (Å²) >= 11 is 0. The van der Waals surface area contributed by atoms with Gasteiger partial charge in [0.15, 0.2) is 29.6 Å². The number of hydrogen-bond donors (Lipinski definition) is 1. The van der Waals surface area contributed by atoms with Gasteiger partial charge in [0.2, 0.25) is 5.95 Å². The summed E-state index contributed by atoms with van der Waals surface area (Å²) in [6, 6.07) is 24.8. The first-order valence-corrected chi connectivity index (χ1v) is 14.9. The van der Waals surface area contributed by atoms with Crippen LogP contribution in [0.2, 0.25) is 0 Å². The lowest BCUT2D eigenvalue weighted by atomic mass is 10.1. The van der Waals surface area contributed by atoms with E-state index in [2.05, 4.69) is 19.9 Å². The summed E-state index contributed by atoms with van der Waals surface area (Å²) in [5, 5.41) is 0. The smallest absolute Gasteiger partial charge is 0.338 e. The average Bonchev–Trinajstić information content (AvgIpc) is 3.68. The third kappa shape index (κ3) is 6.98. The first kappa shape index (κ1) is 31.8. The molecule has 14 heteroatoms. The second kappa shape index (κ2) is 14.1. The van der Waals surface area contributed by atoms with Crippen LogP contribution in [-0.4, -0.2) is 87.7 Å². The molecule has 1 fully saturated rings. The third-order valence-corrected chi connectivity index (χ3v) is 7.28. The SMILES string of the molecule is CN(C)C=Nc1nc2c(ncn2[C@@H]2O[C@H](COC(=O)c3ccccc3)[C@@H](OC(=O)c3ccccc3)[C@H]2OC(=O)c2ccccc2)c(=O)[nH]1. The van der Waals surface area contributed by atoms with Gasteiger partial charge >= 0.3 is 17.9 Å². The average molecular weight is 651 g/mol. The zero-order valence-electron chi connectivity index (χ0n) is 25.8. The van der Waals surface area contributed by atoms with E-state index in [0.29, 0.717) is 5.56 Å². The minimum atomic E-state index is -1.32. The molecule has 1 aliphatic heterocycles. The highest BCUT2D eigenvalue weighted by Crippen LogP contribution is 2.36. The summed E-state index contributed by atoms with van der Waals surface area (Å²) in [5.74, 6) is -2.11. The molecule has 3 aromatic carbocycles. The van der Waals surface area contributed by atoms with Gasteiger partial charge in [-0.3, -0.25) is 14.3 Å². The number of carbonyl (C=O) groups excluding carboxylic acids is 3. The summed E-state index contributed by atoms with van der Waals surface area (Å²) in [6.45, 7) is -0.380. The maximum atomic E-state index is 13.5. The normalized spacial score (nSPS) is 18.9. The number of esters is 3. The molecule has 3 heterocycles. The van der Waals surface area contributed by atoms with Crippen molar-refractivity contribution in [3.8, 4) is 0 Å². The van der Waals surface area contributed by atoms with Crippen LogP contribution < -0.4 is 5.56 Å². The number of hydrogen-bond acceptors (Lipinski definition) is 11. The van der Waals surface area contributed by atoms with E-state index >= 15 is 0 Å². The monoisotopic (exact) mass is 650 g/mol. The predicted molar refractivity (Wildman–Crippen MR) is 172 cm³/mol. The number of rotatable bonds is 10. The number of aromatic nitrogens is 4. The van der Waals surface area contributed by atoms with Crippen molar-refractivity contribution < 1.29 is 33.3 Å². The molecular formula is C34H30N6O8. The van der Waals surface area contributed by atoms with Crippen molar-refractivity contribution in [2.75, 3.05) is 20.7 Å². The fraction of sp³-hybridized carbons (Fsp3) is 0.206. The van der Waals surface area contributed by atoms with E-state index in [1.165, 1.54) is 17.2 Å². The van der Waals surface area contributed by atoms with E-state index in [0.717, 1.165) is 0 Å². The number of aliphatic imine (C=N–C) groups is 1. The standard InChI is InChI=1S/C34H30N6O8/c1-39(2)19-36-34-37-28-25(29(41)38-34)35-20-40(28)30-27(48-33(44)23-16-10-5-11-17-23)26(47-32(43)22-14-8-4-9-15-22)24(46-30)18-45-31(42)21-12-6-3-7-13-21/h3-17,19-20,24,26-27,30H,18H2,1-2H3,(H,37,38,41)/t24-,26-,27-,30-/m1/s1. The van der Waals surface area contributed by atoms with Gasteiger partial charge in [0.25, 0.3) is 5.56 Å². The van der Waals surface area contributed by atoms with Crippen LogP contribution in [0.15, 0.2) is 107 Å². The molecular weight excluding hydrogens is 620 g/mol. The highest BCUT2D eigenvalue weighted by Gasteiger charge is 2.52. The summed E-state index contributed by atoms with van der Waals surface area (Å²) in [6.07, 6.45) is -2.22. The molecule has 244 valence electrons. The minimum absolute atomic E-state index is 0.0147. The number of nitrogens with zero attached hydrogens (tertiary/aromatic N) is 5. The zero-order chi connectivity index (χ0) is 33.6. The van der Waals surface area contributed by atoms with Gasteiger partial charge in [-0.25, -0.2) is 24.4 Å². The summed E-state index contributed by atoms with van der Waals surface area (Å²) in [4.78, 5) is 69.8. The second-order valence-electron chi connectivity index (χ2n) is 10.9. The van der Waals surface area contributed by atoms with Gasteiger partial charge in [-0.2, -0.15) is 4.98 Å². The van der Waals surface area contributed by atoms with E-state index < -0.39 is 48.0 Å². The molecule has 0 amide bonds. The van der Waals surface area contributed by atoms with Gasteiger partial charge < -0.3 is 23.8 Å². The molecule has 6 rings (SSSR count). The molecule has 0 aliphatic carbocycles. The first-order valence-electron chi connectivity index (χ1n) is 14.9. The van der Waals surface area contributed by atoms with Crippen LogP contribution in [-0.2, 0) is 18.9 Å². The van der Waals surface area contributed by atoms with E-state index in [1.54, 1.807) is 110 Å². The second-order valence-corrected chi connectivity index (χ2v) is 10.9. The zero-order valence-corrected chi connectivity index (χ0v) is 25.8. The number of fused-ring (bicyclic) bond motifs is 1. The van der Waals surface area contributed by atoms with Crippen molar-refractivity contribution in [1.29, 1.82) is 0 Å². The number of aromatic amines is 1. The number of ether oxygens (including phenoxy) is 4. The summed E-state index contributed by atoms with van der Waals surface area (Å²) in [7, 11) is 3.51. The molecule has 1 aliphatic rings. The van der Waals surface area contributed by atoms with E-state index in [1.807, 2.05) is 0 Å². The van der Waals surface area contributed by atoms with Crippen molar-refractivity contribution >= 4 is 41.4 Å². The summed E-state index contributed by atoms with van der Waals surface area (Å²) < 4.78 is 25.3. The van der Waals surface area contributed by atoms with Crippen molar-refractivity contribution in [3.05, 3.63) is 124 Å². The van der Waals surface area contributed by atoms with Crippen LogP contribution in [0.3, 0.4) is 0 Å². The fourth-order valence-electron chi connectivity index (χ4n) is 5.01. The highest BCUT2D eigenvalue weighted by molar-refractivity contribution is 5.91. The van der Waals surface area contributed by atoms with Crippen LogP contribution in [0.4, 0.5) is 5.95 Å². The Morgan fingerprint density at radius 2 is 1.40 bits per heavy atom. The van der Waals surface area contributed by atoms with Gasteiger partial charge in [-0.1, -0.05) is 54.6 Å². The lowest BCUT2D eigenvalue weighted by Gasteiger charge is -2.25. The molecule has 1 N–H and O–H groups in total. The Morgan fingerprint density at radius 1 is 0.854 bits per heavy atom. The molecule has 0 unspecified atom stereocenters. The molecule has 2 aromatic heterocycles. The molecule has 0 spiro atoms. The number of benzene rings is 3. The van der Waals surface area contributed by atoms with Crippen LogP contribution in [0.1, 0.15) is 37.3 Å². The predicted octanol–water partition coefficient (Wildman–Crippen LogP) is 3.55. The molecule has 0 bridgehead atoms. The minimum Gasteiger partial charge on any atom is -0.459 e. The fourth-order valence-corrected chi connectivity index (χ4v) is 5.01. The lowest BCUT2D eigenvalue weighted by molar-refractivity contribution is -0.0606. The molecule has 1 saturated heterocycles. The van der Waals surface area contributed by atoms with E-state index in [4.69, 9.17) is 18.9 Å². The topological polar surface area (TPSA) is 167 Å². The van der Waals surface area contributed by atoms with Gasteiger partial charge in [0, 0.05) is 14.1 Å².